The van der Waals surface area contributed by atoms with Crippen LogP contribution in [0.3, 0.4) is 0 Å². The van der Waals surface area contributed by atoms with Gasteiger partial charge in [0.1, 0.15) is 11.5 Å². The molecule has 0 atom stereocenters. The number of nitrogens with two attached hydrogens (primary N) is 1. The predicted molar refractivity (Wildman–Crippen MR) is 67.4 cm³/mol. The first-order chi connectivity index (χ1) is 8.08. The normalized spacial score (nSPS) is 10.3. The first kappa shape index (κ1) is 13.4. The number of aliphatic hydroxyl groups is 1. The van der Waals surface area contributed by atoms with Crippen LogP contribution in [0.1, 0.15) is 24.7 Å². The van der Waals surface area contributed by atoms with Crippen LogP contribution in [0.15, 0.2) is 6.07 Å². The molecule has 94 valence electrons. The van der Waals surface area contributed by atoms with Gasteiger partial charge in [-0.3, -0.25) is 5.41 Å². The molecule has 1 rings (SSSR count). The maximum absolute atomic E-state index is 8.83. The Kier molecular flexibility index (Phi) is 4.84. The number of nitrogens with one attached hydrogen (secondary N) is 1. The number of aromatic nitrogens is 2. The Hall–Kier alpha value is -1.69. The van der Waals surface area contributed by atoms with Gasteiger partial charge in [0, 0.05) is 25.4 Å². The molecule has 0 aliphatic carbocycles. The van der Waals surface area contributed by atoms with Crippen LogP contribution >= 0.6 is 0 Å². The Bertz CT molecular complexity index is 393. The molecule has 0 amide bonds. The summed E-state index contributed by atoms with van der Waals surface area (Å²) in [6, 6.07) is 1.69. The largest absolute Gasteiger partial charge is 0.396 e. The van der Waals surface area contributed by atoms with E-state index in [-0.39, 0.29) is 12.4 Å². The van der Waals surface area contributed by atoms with Crippen LogP contribution in [0.2, 0.25) is 0 Å². The van der Waals surface area contributed by atoms with Crippen molar-refractivity contribution >= 4 is 11.8 Å². The molecule has 0 spiro atoms. The van der Waals surface area contributed by atoms with E-state index in [0.29, 0.717) is 24.6 Å². The molecule has 1 heterocycles. The molecule has 17 heavy (non-hydrogen) atoms. The van der Waals surface area contributed by atoms with Crippen molar-refractivity contribution in [2.45, 2.75) is 20.3 Å². The Morgan fingerprint density at radius 1 is 1.53 bits per heavy atom. The second-order valence-electron chi connectivity index (χ2n) is 3.77. The molecule has 6 heteroatoms. The summed E-state index contributed by atoms with van der Waals surface area (Å²) < 4.78 is 0. The summed E-state index contributed by atoms with van der Waals surface area (Å²) >= 11 is 0. The molecular weight excluding hydrogens is 218 g/mol. The number of hydrogen-bond acceptors (Lipinski definition) is 5. The van der Waals surface area contributed by atoms with Crippen LogP contribution in [0.5, 0.6) is 0 Å². The summed E-state index contributed by atoms with van der Waals surface area (Å²) in [5.74, 6) is 0.501. The van der Waals surface area contributed by atoms with E-state index in [4.69, 9.17) is 16.2 Å². The van der Waals surface area contributed by atoms with Crippen LogP contribution in [0.25, 0.3) is 0 Å². The van der Waals surface area contributed by atoms with E-state index >= 15 is 0 Å². The first-order valence-electron chi connectivity index (χ1n) is 5.64. The number of anilines is 1. The number of amidine groups is 1. The molecule has 4 N–H and O–H groups in total. The highest BCUT2D eigenvalue weighted by Gasteiger charge is 2.10. The average Bonchev–Trinajstić information content (AvgIpc) is 2.29. The second kappa shape index (κ2) is 6.15. The summed E-state index contributed by atoms with van der Waals surface area (Å²) in [6.45, 7) is 5.42. The first-order valence-corrected chi connectivity index (χ1v) is 5.64. The molecule has 0 saturated carbocycles. The molecule has 0 unspecified atom stereocenters. The van der Waals surface area contributed by atoms with Crippen molar-refractivity contribution in [1.82, 2.24) is 9.97 Å². The minimum Gasteiger partial charge on any atom is -0.396 e. The van der Waals surface area contributed by atoms with Crippen LogP contribution in [-0.4, -0.2) is 40.6 Å². The number of aryl methyl sites for hydroxylation is 1. The van der Waals surface area contributed by atoms with Crippen LogP contribution in [0.4, 0.5) is 5.95 Å². The lowest BCUT2D eigenvalue weighted by Crippen LogP contribution is -2.28. The third kappa shape index (κ3) is 3.67. The summed E-state index contributed by atoms with van der Waals surface area (Å²) in [5.41, 5.74) is 6.65. The fourth-order valence-corrected chi connectivity index (χ4v) is 1.49. The molecule has 0 bridgehead atoms. The van der Waals surface area contributed by atoms with Crippen molar-refractivity contribution in [2.75, 3.05) is 24.6 Å². The van der Waals surface area contributed by atoms with E-state index < -0.39 is 0 Å². The predicted octanol–water partition coefficient (Wildman–Crippen LogP) is 0.278. The average molecular weight is 237 g/mol. The van der Waals surface area contributed by atoms with Gasteiger partial charge in [0.05, 0.1) is 0 Å². The Morgan fingerprint density at radius 3 is 2.76 bits per heavy atom. The van der Waals surface area contributed by atoms with Gasteiger partial charge in [0.2, 0.25) is 5.95 Å². The Balaban J connectivity index is 2.98. The zero-order valence-corrected chi connectivity index (χ0v) is 10.3. The number of rotatable bonds is 6. The van der Waals surface area contributed by atoms with Crippen LogP contribution in [-0.2, 0) is 0 Å². The van der Waals surface area contributed by atoms with Crippen LogP contribution < -0.4 is 10.6 Å². The van der Waals surface area contributed by atoms with E-state index in [2.05, 4.69) is 9.97 Å². The minimum atomic E-state index is -0.0602. The lowest BCUT2D eigenvalue weighted by molar-refractivity contribution is 0.289. The highest BCUT2D eigenvalue weighted by Crippen LogP contribution is 2.10. The second-order valence-corrected chi connectivity index (χ2v) is 3.77. The molecule has 0 fully saturated rings. The van der Waals surface area contributed by atoms with E-state index in [1.54, 1.807) is 6.07 Å². The molecule has 1 aromatic heterocycles. The zero-order chi connectivity index (χ0) is 12.8. The SMILES string of the molecule is CCN(CCCO)c1nc(C)cc(C(=N)N)n1. The molecule has 0 aliphatic rings. The third-order valence-electron chi connectivity index (χ3n) is 2.37. The maximum Gasteiger partial charge on any atom is 0.226 e. The van der Waals surface area contributed by atoms with E-state index in [9.17, 15) is 0 Å². The monoisotopic (exact) mass is 237 g/mol. The topological polar surface area (TPSA) is 99.1 Å². The molecular formula is C11H19N5O. The molecule has 0 saturated heterocycles. The third-order valence-corrected chi connectivity index (χ3v) is 2.37. The quantitative estimate of drug-likeness (QED) is 0.487. The van der Waals surface area contributed by atoms with E-state index in [1.807, 2.05) is 18.7 Å². The standard InChI is InChI=1S/C11H19N5O/c1-3-16(5-4-6-17)11-14-8(2)7-9(15-11)10(12)13/h7,17H,3-6H2,1-2H3,(H3,12,13). The van der Waals surface area contributed by atoms with Crippen molar-refractivity contribution in [3.8, 4) is 0 Å². The highest BCUT2D eigenvalue weighted by atomic mass is 16.3. The maximum atomic E-state index is 8.83. The van der Waals surface area contributed by atoms with Crippen molar-refractivity contribution in [2.24, 2.45) is 5.73 Å². The highest BCUT2D eigenvalue weighted by molar-refractivity contribution is 5.93. The number of nitrogens with zero attached hydrogens (tertiary/aromatic N) is 3. The van der Waals surface area contributed by atoms with Gasteiger partial charge >= 0.3 is 0 Å². The van der Waals surface area contributed by atoms with Gasteiger partial charge in [-0.15, -0.1) is 0 Å². The Labute approximate surface area is 101 Å². The van der Waals surface area contributed by atoms with Crippen molar-refractivity contribution in [3.63, 3.8) is 0 Å². The van der Waals surface area contributed by atoms with Crippen molar-refractivity contribution < 1.29 is 5.11 Å². The van der Waals surface area contributed by atoms with Crippen molar-refractivity contribution in [1.29, 1.82) is 5.41 Å². The lowest BCUT2D eigenvalue weighted by atomic mass is 10.3. The fourth-order valence-electron chi connectivity index (χ4n) is 1.49. The van der Waals surface area contributed by atoms with Gasteiger partial charge in [-0.1, -0.05) is 0 Å². The lowest BCUT2D eigenvalue weighted by Gasteiger charge is -2.21. The van der Waals surface area contributed by atoms with Crippen LogP contribution in [0, 0.1) is 12.3 Å². The summed E-state index contributed by atoms with van der Waals surface area (Å²) in [7, 11) is 0. The van der Waals surface area contributed by atoms with Gasteiger partial charge < -0.3 is 15.7 Å². The summed E-state index contributed by atoms with van der Waals surface area (Å²) in [4.78, 5) is 10.5. The Morgan fingerprint density at radius 2 is 2.24 bits per heavy atom. The van der Waals surface area contributed by atoms with Gasteiger partial charge in [0.15, 0.2) is 0 Å². The van der Waals surface area contributed by atoms with Gasteiger partial charge in [-0.25, -0.2) is 9.97 Å². The number of aliphatic hydroxyl groups excluding tert-OH is 1. The molecule has 0 aliphatic heterocycles. The molecule has 0 aromatic carbocycles. The molecule has 6 nitrogen and oxygen atoms in total. The van der Waals surface area contributed by atoms with Crippen molar-refractivity contribution in [3.05, 3.63) is 17.5 Å². The van der Waals surface area contributed by atoms with E-state index in [0.717, 1.165) is 12.2 Å². The summed E-state index contributed by atoms with van der Waals surface area (Å²) in [5, 5.41) is 16.2. The minimum absolute atomic E-state index is 0.0602. The van der Waals surface area contributed by atoms with Gasteiger partial charge in [0.25, 0.3) is 0 Å². The van der Waals surface area contributed by atoms with Gasteiger partial charge in [-0.05, 0) is 26.3 Å². The summed E-state index contributed by atoms with van der Waals surface area (Å²) in [6.07, 6.45) is 0.667. The number of nitrogen functional groups attached to an aromatic ring is 1. The van der Waals surface area contributed by atoms with Gasteiger partial charge in [-0.2, -0.15) is 0 Å². The fraction of sp³-hybridized carbons (Fsp3) is 0.545. The van der Waals surface area contributed by atoms with E-state index in [1.165, 1.54) is 0 Å². The zero-order valence-electron chi connectivity index (χ0n) is 10.3. The molecule has 1 aromatic rings. The smallest absolute Gasteiger partial charge is 0.226 e. The molecule has 0 radical (unpaired) electrons. The number of hydrogen-bond donors (Lipinski definition) is 3.